The van der Waals surface area contributed by atoms with Crippen molar-refractivity contribution in [3.05, 3.63) is 93.9 Å². The number of hydrogen-bond donors (Lipinski definition) is 1. The number of benzene rings is 3. The minimum Gasteiger partial charge on any atom is -0.352 e. The van der Waals surface area contributed by atoms with Crippen LogP contribution in [0.15, 0.2) is 88.2 Å². The fraction of sp³-hybridized carbons (Fsp3) is 0.333. The Morgan fingerprint density at radius 2 is 1.57 bits per heavy atom. The summed E-state index contributed by atoms with van der Waals surface area (Å²) in [5.74, 6) is -0.777. The topological polar surface area (TPSA) is 86.8 Å². The predicted molar refractivity (Wildman–Crippen MR) is 162 cm³/mol. The Morgan fingerprint density at radius 3 is 2.23 bits per heavy atom. The third-order valence-electron chi connectivity index (χ3n) is 7.12. The van der Waals surface area contributed by atoms with Crippen molar-refractivity contribution >= 4 is 55.1 Å². The van der Waals surface area contributed by atoms with Gasteiger partial charge in [-0.05, 0) is 61.7 Å². The first-order valence-corrected chi connectivity index (χ1v) is 15.9. The number of carbonyl (C=O) groups excluding carboxylic acids is 2. The maximum absolute atomic E-state index is 14.0. The molecule has 1 saturated carbocycles. The third-order valence-corrected chi connectivity index (χ3v) is 9.74. The average molecular weight is 647 g/mol. The van der Waals surface area contributed by atoms with Crippen molar-refractivity contribution in [3.8, 4) is 0 Å². The van der Waals surface area contributed by atoms with E-state index in [1.54, 1.807) is 49.4 Å². The van der Waals surface area contributed by atoms with Crippen molar-refractivity contribution in [2.45, 2.75) is 62.6 Å². The molecular formula is C30H33BrClN3O4S. The SMILES string of the molecule is C[C@@H](C(=O)NC1CCCCC1)N(Cc1ccc(Br)cc1)C(=O)CN(c1ccccc1Cl)S(=O)(=O)c1ccccc1. The summed E-state index contributed by atoms with van der Waals surface area (Å²) in [4.78, 5) is 28.8. The molecule has 0 heterocycles. The van der Waals surface area contributed by atoms with Gasteiger partial charge in [-0.3, -0.25) is 13.9 Å². The lowest BCUT2D eigenvalue weighted by Crippen LogP contribution is -2.53. The maximum atomic E-state index is 14.0. The van der Waals surface area contributed by atoms with Crippen molar-refractivity contribution < 1.29 is 18.0 Å². The third kappa shape index (κ3) is 7.44. The predicted octanol–water partition coefficient (Wildman–Crippen LogP) is 6.16. The molecule has 3 aromatic rings. The summed E-state index contributed by atoms with van der Waals surface area (Å²) < 4.78 is 29.5. The van der Waals surface area contributed by atoms with Gasteiger partial charge in [-0.15, -0.1) is 0 Å². The summed E-state index contributed by atoms with van der Waals surface area (Å²) in [6.07, 6.45) is 5.10. The highest BCUT2D eigenvalue weighted by Gasteiger charge is 2.33. The Labute approximate surface area is 249 Å². The molecule has 7 nitrogen and oxygen atoms in total. The van der Waals surface area contributed by atoms with Crippen LogP contribution in [0.5, 0.6) is 0 Å². The van der Waals surface area contributed by atoms with Crippen molar-refractivity contribution in [1.29, 1.82) is 0 Å². The first-order valence-electron chi connectivity index (χ1n) is 13.3. The molecule has 1 N–H and O–H groups in total. The smallest absolute Gasteiger partial charge is 0.264 e. The van der Waals surface area contributed by atoms with E-state index in [-0.39, 0.29) is 34.1 Å². The number of sulfonamides is 1. The van der Waals surface area contributed by atoms with Crippen LogP contribution < -0.4 is 9.62 Å². The Morgan fingerprint density at radius 1 is 0.950 bits per heavy atom. The van der Waals surface area contributed by atoms with Gasteiger partial charge < -0.3 is 10.2 Å². The summed E-state index contributed by atoms with van der Waals surface area (Å²) >= 11 is 9.87. The first-order chi connectivity index (χ1) is 19.2. The molecule has 0 radical (unpaired) electrons. The van der Waals surface area contributed by atoms with Gasteiger partial charge in [-0.25, -0.2) is 8.42 Å². The molecule has 0 spiro atoms. The van der Waals surface area contributed by atoms with Crippen LogP contribution in [0, 0.1) is 0 Å². The number of amides is 2. The fourth-order valence-electron chi connectivity index (χ4n) is 4.82. The molecule has 0 aliphatic heterocycles. The normalized spacial score (nSPS) is 14.8. The number of rotatable bonds is 10. The van der Waals surface area contributed by atoms with E-state index < -0.39 is 28.5 Å². The van der Waals surface area contributed by atoms with Crippen LogP contribution in [0.4, 0.5) is 5.69 Å². The largest absolute Gasteiger partial charge is 0.352 e. The highest BCUT2D eigenvalue weighted by molar-refractivity contribution is 9.10. The van der Waals surface area contributed by atoms with Gasteiger partial charge in [0, 0.05) is 17.1 Å². The van der Waals surface area contributed by atoms with Crippen LogP contribution in [0.3, 0.4) is 0 Å². The zero-order valence-electron chi connectivity index (χ0n) is 22.3. The van der Waals surface area contributed by atoms with Crippen LogP contribution >= 0.6 is 27.5 Å². The molecule has 1 aliphatic carbocycles. The van der Waals surface area contributed by atoms with Gasteiger partial charge in [0.1, 0.15) is 12.6 Å². The molecule has 1 fully saturated rings. The molecule has 2 amide bonds. The minimum absolute atomic E-state index is 0.0327. The number of hydrogen-bond acceptors (Lipinski definition) is 4. The summed E-state index contributed by atoms with van der Waals surface area (Å²) in [5, 5.41) is 3.30. The van der Waals surface area contributed by atoms with Crippen molar-refractivity contribution in [2.24, 2.45) is 0 Å². The molecule has 212 valence electrons. The van der Waals surface area contributed by atoms with Gasteiger partial charge in [0.05, 0.1) is 15.6 Å². The Bertz CT molecular complexity index is 1410. The minimum atomic E-state index is -4.16. The zero-order chi connectivity index (χ0) is 28.7. The Kier molecular flexibility index (Phi) is 10.3. The number of carbonyl (C=O) groups is 2. The van der Waals surface area contributed by atoms with Gasteiger partial charge in [-0.1, -0.05) is 89.3 Å². The van der Waals surface area contributed by atoms with E-state index in [0.717, 1.165) is 46.4 Å². The quantitative estimate of drug-likeness (QED) is 0.286. The molecule has 1 aliphatic rings. The number of halogens is 2. The van der Waals surface area contributed by atoms with Crippen LogP contribution in [0.2, 0.25) is 5.02 Å². The van der Waals surface area contributed by atoms with Crippen LogP contribution in [-0.2, 0) is 26.2 Å². The van der Waals surface area contributed by atoms with Crippen LogP contribution in [0.1, 0.15) is 44.6 Å². The second-order valence-corrected chi connectivity index (χ2v) is 13.1. The fourth-order valence-corrected chi connectivity index (χ4v) is 6.83. The molecule has 10 heteroatoms. The molecular weight excluding hydrogens is 614 g/mol. The van der Waals surface area contributed by atoms with E-state index in [4.69, 9.17) is 11.6 Å². The van der Waals surface area contributed by atoms with Crippen LogP contribution in [-0.4, -0.2) is 43.8 Å². The molecule has 0 aromatic heterocycles. The van der Waals surface area contributed by atoms with E-state index >= 15 is 0 Å². The van der Waals surface area contributed by atoms with Crippen molar-refractivity contribution in [3.63, 3.8) is 0 Å². The van der Waals surface area contributed by atoms with E-state index in [1.165, 1.54) is 17.0 Å². The highest BCUT2D eigenvalue weighted by Crippen LogP contribution is 2.31. The molecule has 4 rings (SSSR count). The van der Waals surface area contributed by atoms with E-state index in [2.05, 4.69) is 21.2 Å². The Hall–Kier alpha value is -2.88. The summed E-state index contributed by atoms with van der Waals surface area (Å²) in [5.41, 5.74) is 0.994. The van der Waals surface area contributed by atoms with E-state index in [0.29, 0.717) is 0 Å². The molecule has 0 saturated heterocycles. The molecule has 0 bridgehead atoms. The van der Waals surface area contributed by atoms with Crippen molar-refractivity contribution in [1.82, 2.24) is 10.2 Å². The maximum Gasteiger partial charge on any atom is 0.264 e. The molecule has 1 atom stereocenters. The average Bonchev–Trinajstić information content (AvgIpc) is 2.96. The number of anilines is 1. The number of nitrogens with one attached hydrogen (secondary N) is 1. The van der Waals surface area contributed by atoms with Crippen LogP contribution in [0.25, 0.3) is 0 Å². The number of para-hydroxylation sites is 1. The van der Waals surface area contributed by atoms with Gasteiger partial charge in [0.2, 0.25) is 11.8 Å². The summed E-state index contributed by atoms with van der Waals surface area (Å²) in [6.45, 7) is 1.28. The molecule has 0 unspecified atom stereocenters. The monoisotopic (exact) mass is 645 g/mol. The summed E-state index contributed by atoms with van der Waals surface area (Å²) in [6, 6.07) is 21.1. The second kappa shape index (κ2) is 13.7. The highest BCUT2D eigenvalue weighted by atomic mass is 79.9. The number of nitrogens with zero attached hydrogens (tertiary/aromatic N) is 2. The zero-order valence-corrected chi connectivity index (χ0v) is 25.5. The first kappa shape index (κ1) is 30.1. The van der Waals surface area contributed by atoms with E-state index in [1.807, 2.05) is 24.3 Å². The standard InChI is InChI=1S/C30H33BrClN3O4S/c1-22(30(37)33-25-10-4-2-5-11-25)34(20-23-16-18-24(31)19-17-23)29(36)21-35(28-15-9-8-14-27(28)32)40(38,39)26-12-6-3-7-13-26/h3,6-9,12-19,22,25H,2,4-5,10-11,20-21H2,1H3,(H,33,37)/t22-/m0/s1. The van der Waals surface area contributed by atoms with Gasteiger partial charge in [0.15, 0.2) is 0 Å². The molecule has 3 aromatic carbocycles. The van der Waals surface area contributed by atoms with E-state index in [9.17, 15) is 18.0 Å². The van der Waals surface area contributed by atoms with Gasteiger partial charge in [0.25, 0.3) is 10.0 Å². The summed E-state index contributed by atoms with van der Waals surface area (Å²) in [7, 11) is -4.16. The van der Waals surface area contributed by atoms with Gasteiger partial charge in [-0.2, -0.15) is 0 Å². The lowest BCUT2D eigenvalue weighted by molar-refractivity contribution is -0.139. The second-order valence-electron chi connectivity index (χ2n) is 9.94. The lowest BCUT2D eigenvalue weighted by Gasteiger charge is -2.33. The molecule has 40 heavy (non-hydrogen) atoms. The Balaban J connectivity index is 1.67. The van der Waals surface area contributed by atoms with Crippen molar-refractivity contribution in [2.75, 3.05) is 10.8 Å². The lowest BCUT2D eigenvalue weighted by atomic mass is 9.95. The van der Waals surface area contributed by atoms with Gasteiger partial charge >= 0.3 is 0 Å².